The number of alkyl halides is 3. The minimum absolute atomic E-state index is 0.0166. The summed E-state index contributed by atoms with van der Waals surface area (Å²) in [6.45, 7) is 3.99. The van der Waals surface area contributed by atoms with Gasteiger partial charge in [-0.1, -0.05) is 0 Å². The molecule has 1 aliphatic carbocycles. The van der Waals surface area contributed by atoms with E-state index in [1.54, 1.807) is 33.0 Å². The molecule has 3 aromatic heterocycles. The van der Waals surface area contributed by atoms with Gasteiger partial charge in [0.05, 0.1) is 33.8 Å². The number of hydrogen-bond acceptors (Lipinski definition) is 11. The van der Waals surface area contributed by atoms with E-state index in [1.807, 2.05) is 0 Å². The van der Waals surface area contributed by atoms with E-state index in [0.29, 0.717) is 27.5 Å². The quantitative estimate of drug-likeness (QED) is 0.241. The molecule has 0 saturated heterocycles. The van der Waals surface area contributed by atoms with Gasteiger partial charge in [0.25, 0.3) is 0 Å². The summed E-state index contributed by atoms with van der Waals surface area (Å²) in [7, 11) is 0. The number of aryl methyl sites for hydroxylation is 2. The van der Waals surface area contributed by atoms with Crippen molar-refractivity contribution < 1.29 is 33.3 Å². The van der Waals surface area contributed by atoms with E-state index in [2.05, 4.69) is 35.9 Å². The van der Waals surface area contributed by atoms with Gasteiger partial charge < -0.3 is 31.3 Å². The Morgan fingerprint density at radius 3 is 2.58 bits per heavy atom. The Hall–Kier alpha value is -3.14. The van der Waals surface area contributed by atoms with Crippen molar-refractivity contribution >= 4 is 39.2 Å². The number of pyridine rings is 1. The number of aliphatic hydroxyl groups excluding tert-OH is 3. The summed E-state index contributed by atoms with van der Waals surface area (Å²) in [5, 5.41) is 39.8. The van der Waals surface area contributed by atoms with Gasteiger partial charge in [-0.3, -0.25) is 9.78 Å². The van der Waals surface area contributed by atoms with E-state index < -0.39 is 48.9 Å². The number of thiazole rings is 1. The number of likely N-dealkylation sites (N-methyl/N-ethyl adjacent to an activating group) is 1. The molecular weight excluding hydrogens is 527 g/mol. The summed E-state index contributed by atoms with van der Waals surface area (Å²) in [4.78, 5) is 29.4. The molecule has 206 valence electrons. The van der Waals surface area contributed by atoms with Crippen molar-refractivity contribution in [2.24, 2.45) is 5.92 Å². The SMILES string of the molecule is CCNC(=O)C(O)[C@H]1C[C@@H](Nc2nc(NCC(F)(F)F)nc(C)c2-c2nc3c(C)nccc3s2)[C@H](O)[C@@H]1O. The lowest BCUT2D eigenvalue weighted by atomic mass is 9.97. The summed E-state index contributed by atoms with van der Waals surface area (Å²) in [6.07, 6.45) is -7.28. The number of amides is 1. The molecule has 3 heterocycles. The summed E-state index contributed by atoms with van der Waals surface area (Å²) in [5.74, 6) is -1.88. The zero-order chi connectivity index (χ0) is 27.8. The number of carbonyl (C=O) groups excluding carboxylic acids is 1. The Kier molecular flexibility index (Phi) is 8.01. The van der Waals surface area contributed by atoms with Crippen LogP contribution in [0.4, 0.5) is 24.9 Å². The number of rotatable bonds is 8. The second kappa shape index (κ2) is 10.9. The first-order chi connectivity index (χ1) is 17.9. The maximum absolute atomic E-state index is 12.8. The molecule has 0 aliphatic heterocycles. The number of aliphatic hydroxyl groups is 3. The van der Waals surface area contributed by atoms with Crippen molar-refractivity contribution in [1.29, 1.82) is 0 Å². The molecule has 1 fully saturated rings. The van der Waals surface area contributed by atoms with Crippen LogP contribution in [0.2, 0.25) is 0 Å². The first-order valence-corrected chi connectivity index (χ1v) is 12.7. The highest BCUT2D eigenvalue weighted by atomic mass is 32.1. The van der Waals surface area contributed by atoms with Gasteiger partial charge in [-0.15, -0.1) is 11.3 Å². The van der Waals surface area contributed by atoms with Crippen LogP contribution >= 0.6 is 11.3 Å². The fourth-order valence-electron chi connectivity index (χ4n) is 4.45. The average molecular weight is 556 g/mol. The summed E-state index contributed by atoms with van der Waals surface area (Å²) >= 11 is 1.31. The van der Waals surface area contributed by atoms with Crippen LogP contribution in [0.15, 0.2) is 12.3 Å². The Morgan fingerprint density at radius 1 is 1.18 bits per heavy atom. The number of nitrogens with zero attached hydrogens (tertiary/aromatic N) is 4. The van der Waals surface area contributed by atoms with Gasteiger partial charge in [0.15, 0.2) is 0 Å². The molecule has 0 aromatic carbocycles. The third kappa shape index (κ3) is 5.80. The Bertz CT molecular complexity index is 1320. The number of halogens is 3. The van der Waals surface area contributed by atoms with Crippen LogP contribution in [0.1, 0.15) is 24.7 Å². The molecule has 1 aliphatic rings. The molecule has 1 unspecified atom stereocenters. The van der Waals surface area contributed by atoms with Crippen molar-refractivity contribution in [2.75, 3.05) is 23.7 Å². The first-order valence-electron chi connectivity index (χ1n) is 11.9. The second-order valence-corrected chi connectivity index (χ2v) is 10.1. The smallest absolute Gasteiger partial charge is 0.390 e. The topological polar surface area (TPSA) is 165 Å². The van der Waals surface area contributed by atoms with Crippen molar-refractivity contribution in [2.45, 2.75) is 57.7 Å². The van der Waals surface area contributed by atoms with E-state index in [1.165, 1.54) is 11.3 Å². The lowest BCUT2D eigenvalue weighted by Crippen LogP contribution is -2.43. The van der Waals surface area contributed by atoms with Gasteiger partial charge in [0, 0.05) is 18.7 Å². The molecule has 1 saturated carbocycles. The van der Waals surface area contributed by atoms with E-state index in [-0.39, 0.29) is 24.7 Å². The molecule has 0 bridgehead atoms. The maximum Gasteiger partial charge on any atom is 0.405 e. The Labute approximate surface area is 219 Å². The summed E-state index contributed by atoms with van der Waals surface area (Å²) < 4.78 is 39.3. The van der Waals surface area contributed by atoms with Crippen molar-refractivity contribution in [3.8, 4) is 10.6 Å². The summed E-state index contributed by atoms with van der Waals surface area (Å²) in [6, 6.07) is 0.900. The van der Waals surface area contributed by atoms with E-state index >= 15 is 0 Å². The minimum Gasteiger partial charge on any atom is -0.390 e. The van der Waals surface area contributed by atoms with Gasteiger partial charge in [-0.2, -0.15) is 18.2 Å². The number of anilines is 2. The molecule has 4 rings (SSSR count). The largest absolute Gasteiger partial charge is 0.405 e. The highest BCUT2D eigenvalue weighted by Crippen LogP contribution is 2.39. The third-order valence-electron chi connectivity index (χ3n) is 6.32. The molecule has 5 atom stereocenters. The predicted molar refractivity (Wildman–Crippen MR) is 135 cm³/mol. The molecule has 6 N–H and O–H groups in total. The number of nitrogens with one attached hydrogen (secondary N) is 3. The van der Waals surface area contributed by atoms with Crippen LogP contribution in [0.25, 0.3) is 20.8 Å². The van der Waals surface area contributed by atoms with Gasteiger partial charge >= 0.3 is 6.18 Å². The van der Waals surface area contributed by atoms with Crippen molar-refractivity contribution in [3.63, 3.8) is 0 Å². The predicted octanol–water partition coefficient (Wildman–Crippen LogP) is 1.76. The standard InChI is InChI=1S/C23H28F3N7O4S/c1-4-27-20(37)17(35)11-7-12(18(36)16(11)34)31-19-14(9(2)30-22(33-19)29-8-23(24,25)26)21-32-15-10(3)28-6-5-13(15)38-21/h5-6,11-12,16-18,34-36H,4,7-8H2,1-3H3,(H,27,37)(H2,29,30,31,33)/t11-,12+,16+,17?,18-/m0/s1. The highest BCUT2D eigenvalue weighted by molar-refractivity contribution is 7.21. The molecule has 1 amide bonds. The van der Waals surface area contributed by atoms with Crippen LogP contribution in [0.5, 0.6) is 0 Å². The van der Waals surface area contributed by atoms with Crippen LogP contribution in [0, 0.1) is 19.8 Å². The molecule has 15 heteroatoms. The zero-order valence-corrected chi connectivity index (χ0v) is 21.6. The van der Waals surface area contributed by atoms with Gasteiger partial charge in [0.2, 0.25) is 11.9 Å². The van der Waals surface area contributed by atoms with E-state index in [4.69, 9.17) is 0 Å². The highest BCUT2D eigenvalue weighted by Gasteiger charge is 2.47. The fourth-order valence-corrected chi connectivity index (χ4v) is 5.56. The Balaban J connectivity index is 1.71. The zero-order valence-electron chi connectivity index (χ0n) is 20.7. The van der Waals surface area contributed by atoms with E-state index in [9.17, 15) is 33.3 Å². The molecule has 0 radical (unpaired) electrons. The average Bonchev–Trinajstić information content (AvgIpc) is 3.39. The first kappa shape index (κ1) is 27.9. The monoisotopic (exact) mass is 555 g/mol. The summed E-state index contributed by atoms with van der Waals surface area (Å²) in [5.41, 5.74) is 2.07. The molecular formula is C23H28F3N7O4S. The number of carbonyl (C=O) groups is 1. The van der Waals surface area contributed by atoms with Crippen LogP contribution in [-0.2, 0) is 4.79 Å². The van der Waals surface area contributed by atoms with Gasteiger partial charge in [-0.25, -0.2) is 9.97 Å². The normalized spacial score (nSPS) is 22.4. The molecule has 38 heavy (non-hydrogen) atoms. The van der Waals surface area contributed by atoms with Gasteiger partial charge in [-0.05, 0) is 33.3 Å². The minimum atomic E-state index is -4.50. The van der Waals surface area contributed by atoms with Crippen molar-refractivity contribution in [1.82, 2.24) is 25.3 Å². The molecule has 3 aromatic rings. The second-order valence-electron chi connectivity index (χ2n) is 9.06. The molecule has 0 spiro atoms. The van der Waals surface area contributed by atoms with Crippen LogP contribution < -0.4 is 16.0 Å². The fraction of sp³-hybridized carbons (Fsp3) is 0.522. The van der Waals surface area contributed by atoms with Crippen LogP contribution in [0.3, 0.4) is 0 Å². The van der Waals surface area contributed by atoms with Gasteiger partial charge in [0.1, 0.15) is 35.1 Å². The van der Waals surface area contributed by atoms with Crippen molar-refractivity contribution in [3.05, 3.63) is 23.7 Å². The number of hydrogen-bond donors (Lipinski definition) is 6. The Morgan fingerprint density at radius 2 is 1.92 bits per heavy atom. The number of aromatic nitrogens is 4. The van der Waals surface area contributed by atoms with Crippen LogP contribution in [-0.4, -0.2) is 84.8 Å². The maximum atomic E-state index is 12.8. The molecule has 11 nitrogen and oxygen atoms in total. The third-order valence-corrected chi connectivity index (χ3v) is 7.35. The van der Waals surface area contributed by atoms with E-state index in [0.717, 1.165) is 4.70 Å². The lowest BCUT2D eigenvalue weighted by molar-refractivity contribution is -0.134. The lowest BCUT2D eigenvalue weighted by Gasteiger charge is -2.21. The number of fused-ring (bicyclic) bond motifs is 1.